The van der Waals surface area contributed by atoms with Gasteiger partial charge >= 0.3 is 5.97 Å². The summed E-state index contributed by atoms with van der Waals surface area (Å²) >= 11 is 0. The van der Waals surface area contributed by atoms with E-state index in [1.165, 1.54) is 16.4 Å². The maximum absolute atomic E-state index is 13.8. The van der Waals surface area contributed by atoms with Crippen LogP contribution in [-0.4, -0.2) is 32.1 Å². The minimum atomic E-state index is -4.01. The largest absolute Gasteiger partial charge is 0.486 e. The number of benzene rings is 3. The molecular weight excluding hydrogens is 452 g/mol. The minimum absolute atomic E-state index is 0.0855. The Bertz CT molecular complexity index is 1330. The van der Waals surface area contributed by atoms with Crippen LogP contribution in [0.5, 0.6) is 5.75 Å². The van der Waals surface area contributed by atoms with Gasteiger partial charge in [-0.05, 0) is 66.4 Å². The predicted octanol–water partition coefficient (Wildman–Crippen LogP) is 4.76. The average molecular weight is 473 g/mol. The van der Waals surface area contributed by atoms with Gasteiger partial charge in [-0.1, -0.05) is 24.3 Å². The Labute approximate surface area is 190 Å². The molecule has 0 spiro atoms. The fraction of sp³-hybridized carbons (Fsp3) is 0.208. The molecule has 6 nitrogen and oxygen atoms in total. The summed E-state index contributed by atoms with van der Waals surface area (Å²) in [5.74, 6) is -2.74. The zero-order valence-corrected chi connectivity index (χ0v) is 18.5. The van der Waals surface area contributed by atoms with Crippen LogP contribution in [-0.2, 0) is 14.8 Å². The Balaban J connectivity index is 1.80. The molecular formula is C24H21F2NO5S. The quantitative estimate of drug-likeness (QED) is 0.558. The number of anilines is 1. The maximum Gasteiger partial charge on any atom is 0.303 e. The highest BCUT2D eigenvalue weighted by Gasteiger charge is 2.35. The number of carbonyl (C=O) groups is 1. The molecule has 3 aromatic carbocycles. The topological polar surface area (TPSA) is 83.9 Å². The molecule has 0 fully saturated rings. The normalized spacial score (nSPS) is 15.6. The van der Waals surface area contributed by atoms with Gasteiger partial charge in [-0.3, -0.25) is 9.10 Å². The zero-order chi connectivity index (χ0) is 23.8. The van der Waals surface area contributed by atoms with Crippen molar-refractivity contribution < 1.29 is 31.8 Å². The van der Waals surface area contributed by atoms with Gasteiger partial charge in [0.15, 0.2) is 11.6 Å². The maximum atomic E-state index is 13.8. The molecule has 1 atom stereocenters. The summed E-state index contributed by atoms with van der Waals surface area (Å²) in [7, 11) is -4.01. The van der Waals surface area contributed by atoms with Crippen LogP contribution in [0, 0.1) is 18.6 Å². The molecule has 0 aromatic heterocycles. The van der Waals surface area contributed by atoms with Gasteiger partial charge in [-0.2, -0.15) is 0 Å². The molecule has 0 aliphatic carbocycles. The van der Waals surface area contributed by atoms with E-state index in [9.17, 15) is 22.0 Å². The lowest BCUT2D eigenvalue weighted by Gasteiger charge is -2.35. The smallest absolute Gasteiger partial charge is 0.303 e. The summed E-state index contributed by atoms with van der Waals surface area (Å²) in [6.07, 6.45) is -0.715. The number of aryl methyl sites for hydroxylation is 1. The Morgan fingerprint density at radius 2 is 1.79 bits per heavy atom. The Morgan fingerprint density at radius 1 is 1.06 bits per heavy atom. The summed E-state index contributed by atoms with van der Waals surface area (Å²) in [4.78, 5) is 11.1. The van der Waals surface area contributed by atoms with E-state index in [2.05, 4.69) is 0 Å². The van der Waals surface area contributed by atoms with Crippen LogP contribution in [0.4, 0.5) is 14.5 Å². The molecule has 0 saturated carbocycles. The number of hydrogen-bond acceptors (Lipinski definition) is 4. The van der Waals surface area contributed by atoms with Crippen molar-refractivity contribution in [2.45, 2.75) is 30.8 Å². The summed E-state index contributed by atoms with van der Waals surface area (Å²) in [5, 5.41) is 9.03. The van der Waals surface area contributed by atoms with Crippen LogP contribution in [0.2, 0.25) is 0 Å². The van der Waals surface area contributed by atoms with E-state index < -0.39 is 33.7 Å². The summed E-state index contributed by atoms with van der Waals surface area (Å²) in [5.41, 5.74) is 1.86. The van der Waals surface area contributed by atoms with Crippen molar-refractivity contribution in [2.24, 2.45) is 0 Å². The predicted molar refractivity (Wildman–Crippen MR) is 119 cm³/mol. The van der Waals surface area contributed by atoms with Crippen LogP contribution >= 0.6 is 0 Å². The van der Waals surface area contributed by atoms with Crippen LogP contribution in [0.3, 0.4) is 0 Å². The van der Waals surface area contributed by atoms with Crippen LogP contribution in [0.15, 0.2) is 65.6 Å². The third-order valence-corrected chi connectivity index (χ3v) is 7.18. The summed E-state index contributed by atoms with van der Waals surface area (Å²) < 4.78 is 61.4. The van der Waals surface area contributed by atoms with Crippen molar-refractivity contribution in [1.82, 2.24) is 0 Å². The molecule has 0 bridgehead atoms. The number of halogens is 2. The lowest BCUT2D eigenvalue weighted by Crippen LogP contribution is -2.43. The van der Waals surface area contributed by atoms with E-state index in [-0.39, 0.29) is 35.7 Å². The lowest BCUT2D eigenvalue weighted by atomic mass is 10.0. The highest BCUT2D eigenvalue weighted by Crippen LogP contribution is 2.40. The average Bonchev–Trinajstić information content (AvgIpc) is 2.78. The minimum Gasteiger partial charge on any atom is -0.486 e. The van der Waals surface area contributed by atoms with E-state index in [1.807, 2.05) is 0 Å². The second-order valence-corrected chi connectivity index (χ2v) is 9.70. The van der Waals surface area contributed by atoms with Crippen LogP contribution in [0.1, 0.15) is 18.4 Å². The standard InChI is InChI=1S/C24H21F2NO5S/c1-15-3-2-4-19(11-15)33(30,31)27-14-18(7-10-24(28)29)32-23-9-6-17(13-22(23)27)16-5-8-20(25)21(26)12-16/h2-6,8-9,11-13,18H,7,10,14H2,1H3,(H,28,29)/t18-/m0/s1. The lowest BCUT2D eigenvalue weighted by molar-refractivity contribution is -0.137. The number of aliphatic carboxylic acids is 1. The fourth-order valence-corrected chi connectivity index (χ4v) is 5.34. The summed E-state index contributed by atoms with van der Waals surface area (Å²) in [6.45, 7) is 1.70. The van der Waals surface area contributed by atoms with Crippen molar-refractivity contribution in [2.75, 3.05) is 10.8 Å². The molecule has 0 unspecified atom stereocenters. The molecule has 3 aromatic rings. The van der Waals surface area contributed by atoms with Gasteiger partial charge < -0.3 is 9.84 Å². The zero-order valence-electron chi connectivity index (χ0n) is 17.7. The molecule has 4 rings (SSSR count). The van der Waals surface area contributed by atoms with Gasteiger partial charge in [0.25, 0.3) is 10.0 Å². The second kappa shape index (κ2) is 8.82. The highest BCUT2D eigenvalue weighted by atomic mass is 32.2. The first-order chi connectivity index (χ1) is 15.6. The molecule has 0 amide bonds. The molecule has 1 aliphatic rings. The first kappa shape index (κ1) is 22.7. The fourth-order valence-electron chi connectivity index (χ4n) is 3.73. The number of fused-ring (bicyclic) bond motifs is 1. The molecule has 1 aliphatic heterocycles. The van der Waals surface area contributed by atoms with E-state index >= 15 is 0 Å². The van der Waals surface area contributed by atoms with E-state index in [4.69, 9.17) is 9.84 Å². The SMILES string of the molecule is Cc1cccc(S(=O)(=O)N2C[C@H](CCC(=O)O)Oc3ccc(-c4ccc(F)c(F)c4)cc32)c1. The first-order valence-corrected chi connectivity index (χ1v) is 11.7. The van der Waals surface area contributed by atoms with Crippen molar-refractivity contribution in [3.05, 3.63) is 77.9 Å². The van der Waals surface area contributed by atoms with Crippen molar-refractivity contribution in [3.8, 4) is 16.9 Å². The number of sulfonamides is 1. The second-order valence-electron chi connectivity index (χ2n) is 7.84. The number of ether oxygens (including phenoxy) is 1. The molecule has 1 N–H and O–H groups in total. The summed E-state index contributed by atoms with van der Waals surface area (Å²) in [6, 6.07) is 14.6. The van der Waals surface area contributed by atoms with Crippen LogP contribution in [0.25, 0.3) is 11.1 Å². The van der Waals surface area contributed by atoms with Gasteiger partial charge in [0, 0.05) is 6.42 Å². The molecule has 1 heterocycles. The Kier molecular flexibility index (Phi) is 6.07. The number of rotatable bonds is 6. The highest BCUT2D eigenvalue weighted by molar-refractivity contribution is 7.92. The van der Waals surface area contributed by atoms with Crippen molar-refractivity contribution in [1.29, 1.82) is 0 Å². The van der Waals surface area contributed by atoms with E-state index in [1.54, 1.807) is 43.3 Å². The van der Waals surface area contributed by atoms with Crippen molar-refractivity contribution >= 4 is 21.7 Å². The molecule has 0 saturated heterocycles. The molecule has 0 radical (unpaired) electrons. The van der Waals surface area contributed by atoms with Gasteiger partial charge in [-0.15, -0.1) is 0 Å². The Morgan fingerprint density at radius 3 is 2.48 bits per heavy atom. The number of carboxylic acid groups (broad SMARTS) is 1. The molecule has 9 heteroatoms. The van der Waals surface area contributed by atoms with E-state index in [0.717, 1.165) is 17.7 Å². The van der Waals surface area contributed by atoms with E-state index in [0.29, 0.717) is 11.1 Å². The number of nitrogens with zero attached hydrogens (tertiary/aromatic N) is 1. The first-order valence-electron chi connectivity index (χ1n) is 10.2. The van der Waals surface area contributed by atoms with Gasteiger partial charge in [0.05, 0.1) is 17.1 Å². The van der Waals surface area contributed by atoms with Gasteiger partial charge in [0.1, 0.15) is 11.9 Å². The number of hydrogen-bond donors (Lipinski definition) is 1. The Hall–Kier alpha value is -3.46. The molecule has 33 heavy (non-hydrogen) atoms. The monoisotopic (exact) mass is 473 g/mol. The third-order valence-electron chi connectivity index (χ3n) is 5.40. The molecule has 172 valence electrons. The van der Waals surface area contributed by atoms with Gasteiger partial charge in [0.2, 0.25) is 0 Å². The van der Waals surface area contributed by atoms with Crippen molar-refractivity contribution in [3.63, 3.8) is 0 Å². The number of carboxylic acids is 1. The third kappa shape index (κ3) is 4.68. The van der Waals surface area contributed by atoms with Crippen LogP contribution < -0.4 is 9.04 Å². The van der Waals surface area contributed by atoms with Gasteiger partial charge in [-0.25, -0.2) is 17.2 Å².